The SMILES string of the molecule is C(=Nc1ccc2cc3ccc(N=Cc4cccs4)cc3nc2c1)c1cccs1. The predicted octanol–water partition coefficient (Wildman–Crippen LogP) is 7.01. The van der Waals surface area contributed by atoms with Gasteiger partial charge >= 0.3 is 0 Å². The fourth-order valence-corrected chi connectivity index (χ4v) is 4.14. The average molecular weight is 398 g/mol. The van der Waals surface area contributed by atoms with Crippen molar-refractivity contribution in [3.8, 4) is 0 Å². The first kappa shape index (κ1) is 17.0. The quantitative estimate of drug-likeness (QED) is 0.237. The van der Waals surface area contributed by atoms with Crippen molar-refractivity contribution in [2.75, 3.05) is 0 Å². The van der Waals surface area contributed by atoms with Gasteiger partial charge in [0.2, 0.25) is 0 Å². The second-order valence-electron chi connectivity index (χ2n) is 6.29. The summed E-state index contributed by atoms with van der Waals surface area (Å²) in [7, 11) is 0. The lowest BCUT2D eigenvalue weighted by molar-refractivity contribution is 1.46. The van der Waals surface area contributed by atoms with Gasteiger partial charge in [-0.15, -0.1) is 22.7 Å². The van der Waals surface area contributed by atoms with Gasteiger partial charge in [0.15, 0.2) is 0 Å². The van der Waals surface area contributed by atoms with Crippen LogP contribution in [0.2, 0.25) is 0 Å². The van der Waals surface area contributed by atoms with Crippen LogP contribution in [0.5, 0.6) is 0 Å². The van der Waals surface area contributed by atoms with Gasteiger partial charge in [0, 0.05) is 33.0 Å². The third kappa shape index (κ3) is 3.63. The van der Waals surface area contributed by atoms with Gasteiger partial charge in [-0.3, -0.25) is 9.98 Å². The minimum atomic E-state index is 0.902. The van der Waals surface area contributed by atoms with Gasteiger partial charge in [-0.05, 0) is 53.2 Å². The summed E-state index contributed by atoms with van der Waals surface area (Å²) < 4.78 is 0. The van der Waals surface area contributed by atoms with Crippen LogP contribution >= 0.6 is 22.7 Å². The van der Waals surface area contributed by atoms with Crippen LogP contribution in [0.1, 0.15) is 9.75 Å². The van der Waals surface area contributed by atoms with Gasteiger partial charge in [0.1, 0.15) is 0 Å². The number of fused-ring (bicyclic) bond motifs is 2. The summed E-state index contributed by atoms with van der Waals surface area (Å²) >= 11 is 3.35. The molecule has 0 atom stereocenters. The van der Waals surface area contributed by atoms with E-state index in [2.05, 4.69) is 40.3 Å². The maximum Gasteiger partial charge on any atom is 0.0731 e. The molecule has 3 nitrogen and oxygen atoms in total. The first-order chi connectivity index (χ1) is 13.8. The van der Waals surface area contributed by atoms with Crippen molar-refractivity contribution in [2.45, 2.75) is 0 Å². The van der Waals surface area contributed by atoms with E-state index in [9.17, 15) is 0 Å². The van der Waals surface area contributed by atoms with Crippen molar-refractivity contribution in [3.05, 3.63) is 87.2 Å². The van der Waals surface area contributed by atoms with Crippen LogP contribution < -0.4 is 0 Å². The van der Waals surface area contributed by atoms with E-state index < -0.39 is 0 Å². The molecule has 0 bridgehead atoms. The first-order valence-corrected chi connectivity index (χ1v) is 10.6. The summed E-state index contributed by atoms with van der Waals surface area (Å²) in [4.78, 5) is 16.3. The van der Waals surface area contributed by atoms with Gasteiger partial charge in [-0.2, -0.15) is 0 Å². The van der Waals surface area contributed by atoms with E-state index in [1.54, 1.807) is 22.7 Å². The van der Waals surface area contributed by atoms with E-state index in [0.29, 0.717) is 0 Å². The van der Waals surface area contributed by atoms with Crippen LogP contribution in [0.4, 0.5) is 11.4 Å². The molecule has 0 radical (unpaired) electrons. The third-order valence-corrected chi connectivity index (χ3v) is 5.96. The second kappa shape index (κ2) is 7.46. The molecule has 3 heterocycles. The Morgan fingerprint density at radius 1 is 0.643 bits per heavy atom. The van der Waals surface area contributed by atoms with Crippen LogP contribution in [0.25, 0.3) is 21.8 Å². The summed E-state index contributed by atoms with van der Waals surface area (Å²) in [5.41, 5.74) is 3.68. The Bertz CT molecular complexity index is 1200. The Labute approximate surface area is 170 Å². The van der Waals surface area contributed by atoms with Crippen LogP contribution in [0.15, 0.2) is 87.5 Å². The number of thiophene rings is 2. The van der Waals surface area contributed by atoms with Crippen molar-refractivity contribution < 1.29 is 0 Å². The molecule has 5 rings (SSSR count). The predicted molar refractivity (Wildman–Crippen MR) is 122 cm³/mol. The molecule has 2 aromatic carbocycles. The molecule has 0 aliphatic rings. The number of rotatable bonds is 4. The molecule has 0 amide bonds. The molecule has 0 saturated carbocycles. The molecule has 0 fully saturated rings. The highest BCUT2D eigenvalue weighted by atomic mass is 32.1. The Morgan fingerprint density at radius 3 is 1.64 bits per heavy atom. The summed E-state index contributed by atoms with van der Waals surface area (Å²) in [5, 5.41) is 6.32. The molecule has 5 aromatic rings. The molecule has 134 valence electrons. The minimum Gasteiger partial charge on any atom is -0.255 e. The lowest BCUT2D eigenvalue weighted by Gasteiger charge is -2.04. The topological polar surface area (TPSA) is 37.6 Å². The number of aromatic nitrogens is 1. The molecule has 0 saturated heterocycles. The second-order valence-corrected chi connectivity index (χ2v) is 8.25. The lowest BCUT2D eigenvalue weighted by atomic mass is 10.1. The molecule has 0 aliphatic heterocycles. The van der Waals surface area contributed by atoms with Crippen LogP contribution in [-0.2, 0) is 0 Å². The van der Waals surface area contributed by atoms with Crippen LogP contribution in [-0.4, -0.2) is 17.4 Å². The minimum absolute atomic E-state index is 0.902. The number of hydrogen-bond acceptors (Lipinski definition) is 5. The molecule has 0 N–H and O–H groups in total. The van der Waals surface area contributed by atoms with E-state index >= 15 is 0 Å². The fraction of sp³-hybridized carbons (Fsp3) is 0. The first-order valence-electron chi connectivity index (χ1n) is 8.83. The zero-order valence-electron chi connectivity index (χ0n) is 14.8. The van der Waals surface area contributed by atoms with Gasteiger partial charge in [-0.25, -0.2) is 4.98 Å². The highest BCUT2D eigenvalue weighted by molar-refractivity contribution is 7.12. The van der Waals surface area contributed by atoms with Crippen molar-refractivity contribution in [1.29, 1.82) is 0 Å². The van der Waals surface area contributed by atoms with Crippen molar-refractivity contribution in [1.82, 2.24) is 4.98 Å². The number of nitrogens with zero attached hydrogens (tertiary/aromatic N) is 3. The Kier molecular flexibility index (Phi) is 4.53. The highest BCUT2D eigenvalue weighted by Crippen LogP contribution is 2.26. The Hall–Kier alpha value is -3.15. The highest BCUT2D eigenvalue weighted by Gasteiger charge is 2.02. The maximum absolute atomic E-state index is 4.85. The number of pyridine rings is 1. The third-order valence-electron chi connectivity index (χ3n) is 4.35. The molecule has 0 spiro atoms. The standard InChI is InChI=1S/C23H15N3S2/c1-3-20(27-9-1)14-24-18-7-5-16-11-17-6-8-19(13-23(17)26-22(16)12-18)25-15-21-4-2-10-28-21/h1-15H. The Morgan fingerprint density at radius 2 is 1.18 bits per heavy atom. The maximum atomic E-state index is 4.85. The number of hydrogen-bond donors (Lipinski definition) is 0. The van der Waals surface area contributed by atoms with Gasteiger partial charge in [0.25, 0.3) is 0 Å². The Balaban J connectivity index is 1.50. The van der Waals surface area contributed by atoms with E-state index in [1.807, 2.05) is 59.6 Å². The molecule has 28 heavy (non-hydrogen) atoms. The molecule has 0 unspecified atom stereocenters. The number of benzene rings is 2. The van der Waals surface area contributed by atoms with Gasteiger partial charge in [-0.1, -0.05) is 24.3 Å². The van der Waals surface area contributed by atoms with E-state index in [4.69, 9.17) is 4.98 Å². The zero-order valence-corrected chi connectivity index (χ0v) is 16.5. The number of aliphatic imine (C=N–C) groups is 2. The van der Waals surface area contributed by atoms with Crippen molar-refractivity contribution >= 4 is 68.3 Å². The van der Waals surface area contributed by atoms with Gasteiger partial charge < -0.3 is 0 Å². The molecule has 5 heteroatoms. The van der Waals surface area contributed by atoms with E-state index in [1.165, 1.54) is 0 Å². The summed E-state index contributed by atoms with van der Waals surface area (Å²) in [6.45, 7) is 0. The summed E-state index contributed by atoms with van der Waals surface area (Å²) in [6.07, 6.45) is 3.79. The van der Waals surface area contributed by atoms with Crippen molar-refractivity contribution in [3.63, 3.8) is 0 Å². The van der Waals surface area contributed by atoms with E-state index in [-0.39, 0.29) is 0 Å². The lowest BCUT2D eigenvalue weighted by Crippen LogP contribution is -1.83. The van der Waals surface area contributed by atoms with E-state index in [0.717, 1.165) is 42.9 Å². The zero-order chi connectivity index (χ0) is 18.8. The average Bonchev–Trinajstić information content (AvgIpc) is 3.43. The summed E-state index contributed by atoms with van der Waals surface area (Å²) in [6, 6.07) is 22.6. The molecule has 3 aromatic heterocycles. The molecular formula is C23H15N3S2. The fourth-order valence-electron chi connectivity index (χ4n) is 2.97. The van der Waals surface area contributed by atoms with Crippen LogP contribution in [0, 0.1) is 0 Å². The largest absolute Gasteiger partial charge is 0.255 e. The molecule has 0 aliphatic carbocycles. The summed E-state index contributed by atoms with van der Waals surface area (Å²) in [5.74, 6) is 0. The van der Waals surface area contributed by atoms with Crippen LogP contribution in [0.3, 0.4) is 0 Å². The smallest absolute Gasteiger partial charge is 0.0731 e. The monoisotopic (exact) mass is 397 g/mol. The van der Waals surface area contributed by atoms with Crippen molar-refractivity contribution in [2.24, 2.45) is 9.98 Å². The normalized spacial score (nSPS) is 12.0. The molecular weight excluding hydrogens is 382 g/mol. The van der Waals surface area contributed by atoms with Gasteiger partial charge in [0.05, 0.1) is 22.4 Å².